The van der Waals surface area contributed by atoms with Crippen molar-refractivity contribution in [2.75, 3.05) is 13.2 Å². The van der Waals surface area contributed by atoms with Crippen LogP contribution in [0.15, 0.2) is 46.9 Å². The zero-order valence-corrected chi connectivity index (χ0v) is 18.4. The number of hydrogen-bond donors (Lipinski definition) is 2. The van der Waals surface area contributed by atoms with E-state index < -0.39 is 11.8 Å². The van der Waals surface area contributed by atoms with Gasteiger partial charge < -0.3 is 9.47 Å². The van der Waals surface area contributed by atoms with Crippen LogP contribution in [0.4, 0.5) is 0 Å². The summed E-state index contributed by atoms with van der Waals surface area (Å²) >= 11 is 3.37. The van der Waals surface area contributed by atoms with E-state index in [-0.39, 0.29) is 6.61 Å². The monoisotopic (exact) mass is 462 g/mol. The Balaban J connectivity index is 1.71. The average molecular weight is 463 g/mol. The fraction of sp³-hybridized carbons (Fsp3) is 0.364. The molecule has 2 amide bonds. The van der Waals surface area contributed by atoms with E-state index in [1.165, 1.54) is 12.8 Å². The van der Waals surface area contributed by atoms with Gasteiger partial charge in [-0.1, -0.05) is 42.1 Å². The van der Waals surface area contributed by atoms with Crippen LogP contribution in [0.5, 0.6) is 11.5 Å². The zero-order valence-electron chi connectivity index (χ0n) is 16.8. The summed E-state index contributed by atoms with van der Waals surface area (Å²) in [6, 6.07) is 12.3. The van der Waals surface area contributed by atoms with Crippen molar-refractivity contribution in [2.24, 2.45) is 0 Å². The molecule has 0 spiro atoms. The standard InChI is InChI=1S/C22H27BrN2O4/c1-3-4-5-6-13-28-19-10-7-17(8-11-19)22(27)25-24-21(26)15-29-20-12-9-18(23)14-16(20)2/h7-12,14H,3-6,13,15H2,1-2H3,(H,24,26)(H,25,27). The van der Waals surface area contributed by atoms with Gasteiger partial charge in [-0.25, -0.2) is 0 Å². The van der Waals surface area contributed by atoms with Crippen molar-refractivity contribution in [3.05, 3.63) is 58.1 Å². The van der Waals surface area contributed by atoms with Gasteiger partial charge in [0.15, 0.2) is 6.61 Å². The van der Waals surface area contributed by atoms with Gasteiger partial charge in [0.1, 0.15) is 11.5 Å². The second-order valence-corrected chi connectivity index (χ2v) is 7.55. The van der Waals surface area contributed by atoms with E-state index in [0.29, 0.717) is 17.9 Å². The van der Waals surface area contributed by atoms with Gasteiger partial charge in [-0.05, 0) is 61.4 Å². The van der Waals surface area contributed by atoms with E-state index >= 15 is 0 Å². The maximum atomic E-state index is 12.1. The van der Waals surface area contributed by atoms with Crippen LogP contribution in [0.25, 0.3) is 0 Å². The molecule has 7 heteroatoms. The molecule has 0 radical (unpaired) electrons. The highest BCUT2D eigenvalue weighted by Gasteiger charge is 2.09. The molecule has 0 saturated carbocycles. The lowest BCUT2D eigenvalue weighted by Crippen LogP contribution is -2.43. The van der Waals surface area contributed by atoms with Crippen molar-refractivity contribution in [1.29, 1.82) is 0 Å². The summed E-state index contributed by atoms with van der Waals surface area (Å²) in [5.74, 6) is 0.473. The first-order valence-corrected chi connectivity index (χ1v) is 10.5. The topological polar surface area (TPSA) is 76.7 Å². The second kappa shape index (κ2) is 12.1. The molecule has 2 N–H and O–H groups in total. The van der Waals surface area contributed by atoms with E-state index in [2.05, 4.69) is 33.7 Å². The Morgan fingerprint density at radius 3 is 2.41 bits per heavy atom. The number of ether oxygens (including phenoxy) is 2. The minimum absolute atomic E-state index is 0.201. The fourth-order valence-corrected chi connectivity index (χ4v) is 3.05. The SMILES string of the molecule is CCCCCCOc1ccc(C(=O)NNC(=O)COc2ccc(Br)cc2C)cc1. The molecule has 0 fully saturated rings. The van der Waals surface area contributed by atoms with Crippen LogP contribution in [0, 0.1) is 6.92 Å². The largest absolute Gasteiger partial charge is 0.494 e. The molecule has 29 heavy (non-hydrogen) atoms. The minimum atomic E-state index is -0.451. The molecule has 0 unspecified atom stereocenters. The van der Waals surface area contributed by atoms with Gasteiger partial charge in [-0.2, -0.15) is 0 Å². The number of unbranched alkanes of at least 4 members (excludes halogenated alkanes) is 3. The van der Waals surface area contributed by atoms with E-state index in [1.807, 2.05) is 19.1 Å². The third kappa shape index (κ3) is 8.15. The summed E-state index contributed by atoms with van der Waals surface area (Å²) < 4.78 is 12.1. The van der Waals surface area contributed by atoms with Gasteiger partial charge in [0.2, 0.25) is 0 Å². The molecule has 0 aliphatic heterocycles. The number of hydrogen-bond acceptors (Lipinski definition) is 4. The Labute approximate surface area is 180 Å². The van der Waals surface area contributed by atoms with Gasteiger partial charge in [0.05, 0.1) is 6.61 Å². The molecule has 0 atom stereocenters. The van der Waals surface area contributed by atoms with Gasteiger partial charge in [-0.3, -0.25) is 20.4 Å². The maximum absolute atomic E-state index is 12.1. The molecule has 2 aromatic rings. The van der Waals surface area contributed by atoms with Gasteiger partial charge >= 0.3 is 0 Å². The molecule has 156 valence electrons. The molecule has 0 aliphatic rings. The number of halogens is 1. The molecule has 0 aromatic heterocycles. The number of carbonyl (C=O) groups is 2. The minimum Gasteiger partial charge on any atom is -0.494 e. The van der Waals surface area contributed by atoms with Crippen LogP contribution >= 0.6 is 15.9 Å². The van der Waals surface area contributed by atoms with Gasteiger partial charge in [-0.15, -0.1) is 0 Å². The lowest BCUT2D eigenvalue weighted by Gasteiger charge is -2.11. The predicted octanol–water partition coefficient (Wildman–Crippen LogP) is 4.56. The fourth-order valence-electron chi connectivity index (χ4n) is 2.57. The Morgan fingerprint density at radius 1 is 0.966 bits per heavy atom. The predicted molar refractivity (Wildman–Crippen MR) is 116 cm³/mol. The first kappa shape index (κ1) is 22.7. The second-order valence-electron chi connectivity index (χ2n) is 6.63. The summed E-state index contributed by atoms with van der Waals surface area (Å²) in [6.07, 6.45) is 4.57. The Bertz CT molecular complexity index is 809. The molecule has 2 rings (SSSR count). The van der Waals surface area contributed by atoms with E-state index in [9.17, 15) is 9.59 Å². The van der Waals surface area contributed by atoms with E-state index in [0.717, 1.165) is 28.6 Å². The van der Waals surface area contributed by atoms with E-state index in [1.54, 1.807) is 30.3 Å². The van der Waals surface area contributed by atoms with Crippen molar-refractivity contribution in [3.8, 4) is 11.5 Å². The maximum Gasteiger partial charge on any atom is 0.276 e. The van der Waals surface area contributed by atoms with Gasteiger partial charge in [0.25, 0.3) is 11.8 Å². The number of aryl methyl sites for hydroxylation is 1. The third-order valence-corrected chi connectivity index (χ3v) is 4.69. The first-order valence-electron chi connectivity index (χ1n) is 9.70. The average Bonchev–Trinajstić information content (AvgIpc) is 2.71. The Morgan fingerprint density at radius 2 is 1.72 bits per heavy atom. The molecule has 2 aromatic carbocycles. The van der Waals surface area contributed by atoms with Crippen molar-refractivity contribution in [3.63, 3.8) is 0 Å². The first-order chi connectivity index (χ1) is 14.0. The van der Waals surface area contributed by atoms with Crippen LogP contribution in [0.2, 0.25) is 0 Å². The number of hydrazine groups is 1. The Kier molecular flexibility index (Phi) is 9.50. The number of rotatable bonds is 10. The molecular formula is C22H27BrN2O4. The quantitative estimate of drug-likeness (QED) is 0.400. The highest BCUT2D eigenvalue weighted by Crippen LogP contribution is 2.22. The summed E-state index contributed by atoms with van der Waals surface area (Å²) in [4.78, 5) is 24.0. The number of benzene rings is 2. The van der Waals surface area contributed by atoms with Crippen LogP contribution in [0.1, 0.15) is 48.5 Å². The summed E-state index contributed by atoms with van der Waals surface area (Å²) in [5.41, 5.74) is 6.05. The third-order valence-electron chi connectivity index (χ3n) is 4.19. The molecule has 0 saturated heterocycles. The normalized spacial score (nSPS) is 10.3. The van der Waals surface area contributed by atoms with Crippen molar-refractivity contribution in [1.82, 2.24) is 10.9 Å². The smallest absolute Gasteiger partial charge is 0.276 e. The van der Waals surface area contributed by atoms with Crippen molar-refractivity contribution < 1.29 is 19.1 Å². The summed E-state index contributed by atoms with van der Waals surface area (Å²) in [7, 11) is 0. The number of carbonyl (C=O) groups excluding carboxylic acids is 2. The highest BCUT2D eigenvalue weighted by atomic mass is 79.9. The van der Waals surface area contributed by atoms with Crippen LogP contribution in [0.3, 0.4) is 0 Å². The van der Waals surface area contributed by atoms with Gasteiger partial charge in [0, 0.05) is 10.0 Å². The highest BCUT2D eigenvalue weighted by molar-refractivity contribution is 9.10. The lowest BCUT2D eigenvalue weighted by atomic mass is 10.2. The van der Waals surface area contributed by atoms with Crippen LogP contribution < -0.4 is 20.3 Å². The van der Waals surface area contributed by atoms with E-state index in [4.69, 9.17) is 9.47 Å². The lowest BCUT2D eigenvalue weighted by molar-refractivity contribution is -0.123. The van der Waals surface area contributed by atoms with Crippen LogP contribution in [-0.4, -0.2) is 25.0 Å². The Hall–Kier alpha value is -2.54. The number of amides is 2. The van der Waals surface area contributed by atoms with Crippen molar-refractivity contribution in [2.45, 2.75) is 39.5 Å². The van der Waals surface area contributed by atoms with Crippen molar-refractivity contribution >= 4 is 27.7 Å². The zero-order chi connectivity index (χ0) is 21.1. The molecule has 0 bridgehead atoms. The molecule has 6 nitrogen and oxygen atoms in total. The molecule has 0 aliphatic carbocycles. The summed E-state index contributed by atoms with van der Waals surface area (Å²) in [5, 5.41) is 0. The van der Waals surface area contributed by atoms with Crippen LogP contribution in [-0.2, 0) is 4.79 Å². The number of nitrogens with one attached hydrogen (secondary N) is 2. The molecular weight excluding hydrogens is 436 g/mol. The molecule has 0 heterocycles. The summed E-state index contributed by atoms with van der Waals surface area (Å²) in [6.45, 7) is 4.52.